The zero-order valence-electron chi connectivity index (χ0n) is 22.0. The quantitative estimate of drug-likeness (QED) is 0.361. The second-order valence-electron chi connectivity index (χ2n) is 7.97. The van der Waals surface area contributed by atoms with Gasteiger partial charge in [-0.3, -0.25) is 4.79 Å². The summed E-state index contributed by atoms with van der Waals surface area (Å²) in [6.07, 6.45) is 9.96. The van der Waals surface area contributed by atoms with Crippen molar-refractivity contribution in [3.05, 3.63) is 125 Å². The van der Waals surface area contributed by atoms with Crippen LogP contribution in [0.5, 0.6) is 0 Å². The van der Waals surface area contributed by atoms with Gasteiger partial charge in [-0.25, -0.2) is 0 Å². The van der Waals surface area contributed by atoms with Crippen LogP contribution < -0.4 is 0 Å². The van der Waals surface area contributed by atoms with E-state index in [4.69, 9.17) is 4.79 Å². The molecule has 0 N–H and O–H groups in total. The molecule has 1 aliphatic rings. The fraction of sp³-hybridized carbons (Fsp3) is 0.212. The Balaban J connectivity index is 0.000000307. The summed E-state index contributed by atoms with van der Waals surface area (Å²) in [5.41, 5.74) is 9.41. The second-order valence-corrected chi connectivity index (χ2v) is 7.97. The van der Waals surface area contributed by atoms with E-state index >= 15 is 0 Å². The number of Topliss-reactive ketones (excluding diaryl/α,β-unsaturated/α-hetero) is 1. The number of aryl methyl sites for hydroxylation is 2. The smallest absolute Gasteiger partial charge is 0.160 e. The molecule has 0 spiro atoms. The highest BCUT2D eigenvalue weighted by Gasteiger charge is 2.09. The third-order valence-electron chi connectivity index (χ3n) is 5.35. The number of carbonyl (C=O) groups is 2. The van der Waals surface area contributed by atoms with E-state index in [2.05, 4.69) is 81.5 Å². The number of hydrogen-bond donors (Lipinski definition) is 0. The number of allylic oxidation sites excluding steroid dienone is 6. The van der Waals surface area contributed by atoms with Gasteiger partial charge >= 0.3 is 0 Å². The highest BCUT2D eigenvalue weighted by Crippen LogP contribution is 2.27. The fourth-order valence-electron chi connectivity index (χ4n) is 3.71. The lowest BCUT2D eigenvalue weighted by atomic mass is 9.94. The van der Waals surface area contributed by atoms with Crippen LogP contribution in [0.2, 0.25) is 0 Å². The molecule has 0 heterocycles. The second kappa shape index (κ2) is 16.0. The standard InChI is InChI=1S/C15H14O.C15H16.C2H6.CH2O/c1-11-7-3-4-8-13(11)15-10-6-5-9-14(15)12(2)16;1-12-6-3-4-8-14(10-12)15-9-5-7-13(2)11-15;2*1-2/h3-10H,1-2H3;4-11H,3H2,1-2H3;1-2H3;1H2. The highest BCUT2D eigenvalue weighted by atomic mass is 16.1. The summed E-state index contributed by atoms with van der Waals surface area (Å²) in [5, 5.41) is 0. The van der Waals surface area contributed by atoms with Crippen LogP contribution in [0.3, 0.4) is 0 Å². The molecule has 0 atom stereocenters. The Hall–Kier alpha value is -3.78. The van der Waals surface area contributed by atoms with E-state index in [1.54, 1.807) is 6.92 Å². The summed E-state index contributed by atoms with van der Waals surface area (Å²) in [6, 6.07) is 24.5. The molecule has 0 aromatic heterocycles. The number of carbonyl (C=O) groups excluding carboxylic acids is 2. The Kier molecular flexibility index (Phi) is 13.3. The Morgan fingerprint density at radius 2 is 1.43 bits per heavy atom. The van der Waals surface area contributed by atoms with Gasteiger partial charge in [0.25, 0.3) is 0 Å². The van der Waals surface area contributed by atoms with Crippen molar-refractivity contribution >= 4 is 18.1 Å². The van der Waals surface area contributed by atoms with E-state index in [0.29, 0.717) is 0 Å². The van der Waals surface area contributed by atoms with Crippen LogP contribution in [0.15, 0.2) is 103 Å². The zero-order chi connectivity index (χ0) is 26.2. The Morgan fingerprint density at radius 1 is 0.800 bits per heavy atom. The monoisotopic (exact) mass is 466 g/mol. The van der Waals surface area contributed by atoms with Crippen LogP contribution in [0, 0.1) is 13.8 Å². The van der Waals surface area contributed by atoms with E-state index in [9.17, 15) is 4.79 Å². The molecule has 0 saturated carbocycles. The molecule has 0 bridgehead atoms. The SMILES string of the molecule is C=O.CC.CC(=O)c1ccccc1-c1ccccc1C.CC1=CCC=CC(c2cccc(C)c2)=C1. The van der Waals surface area contributed by atoms with E-state index < -0.39 is 0 Å². The molecule has 0 aliphatic heterocycles. The van der Waals surface area contributed by atoms with E-state index in [1.165, 1.54) is 27.8 Å². The Labute approximate surface area is 211 Å². The average Bonchev–Trinajstić information content (AvgIpc) is 3.11. The van der Waals surface area contributed by atoms with Gasteiger partial charge < -0.3 is 4.79 Å². The number of rotatable bonds is 3. The molecule has 182 valence electrons. The van der Waals surface area contributed by atoms with Crippen molar-refractivity contribution in [3.8, 4) is 11.1 Å². The first kappa shape index (κ1) is 29.3. The molecule has 1 aliphatic carbocycles. The number of ketones is 1. The van der Waals surface area contributed by atoms with Crippen molar-refractivity contribution in [3.63, 3.8) is 0 Å². The molecule has 3 aromatic carbocycles. The maximum atomic E-state index is 11.6. The van der Waals surface area contributed by atoms with Gasteiger partial charge in [-0.05, 0) is 61.9 Å². The molecule has 0 fully saturated rings. The van der Waals surface area contributed by atoms with Crippen LogP contribution in [0.1, 0.15) is 61.2 Å². The molecule has 3 aromatic rings. The van der Waals surface area contributed by atoms with E-state index in [0.717, 1.165) is 23.1 Å². The summed E-state index contributed by atoms with van der Waals surface area (Å²) in [7, 11) is 0. The van der Waals surface area contributed by atoms with Crippen molar-refractivity contribution in [2.75, 3.05) is 0 Å². The van der Waals surface area contributed by atoms with Gasteiger partial charge in [0.2, 0.25) is 0 Å². The molecule has 2 nitrogen and oxygen atoms in total. The highest BCUT2D eigenvalue weighted by molar-refractivity contribution is 6.01. The molecular formula is C33H38O2. The summed E-state index contributed by atoms with van der Waals surface area (Å²) in [5.74, 6) is 0.110. The molecule has 0 saturated heterocycles. The van der Waals surface area contributed by atoms with Gasteiger partial charge in [-0.1, -0.05) is 122 Å². The van der Waals surface area contributed by atoms with Crippen LogP contribution in [0.4, 0.5) is 0 Å². The topological polar surface area (TPSA) is 34.1 Å². The van der Waals surface area contributed by atoms with Crippen molar-refractivity contribution in [2.24, 2.45) is 0 Å². The van der Waals surface area contributed by atoms with Crippen LogP contribution >= 0.6 is 0 Å². The number of hydrogen-bond acceptors (Lipinski definition) is 2. The first-order chi connectivity index (χ1) is 17.0. The molecule has 4 rings (SSSR count). The first-order valence-corrected chi connectivity index (χ1v) is 12.0. The Bertz CT molecular complexity index is 1180. The van der Waals surface area contributed by atoms with Gasteiger partial charge in [0.15, 0.2) is 5.78 Å². The summed E-state index contributed by atoms with van der Waals surface area (Å²) >= 11 is 0. The normalized spacial score (nSPS) is 11.6. The molecular weight excluding hydrogens is 428 g/mol. The first-order valence-electron chi connectivity index (χ1n) is 12.0. The Morgan fingerprint density at radius 3 is 2.06 bits per heavy atom. The van der Waals surface area contributed by atoms with Gasteiger partial charge in [0, 0.05) is 5.56 Å². The van der Waals surface area contributed by atoms with Gasteiger partial charge in [-0.2, -0.15) is 0 Å². The summed E-state index contributed by atoms with van der Waals surface area (Å²) < 4.78 is 0. The van der Waals surface area contributed by atoms with Crippen LogP contribution in [-0.4, -0.2) is 12.6 Å². The average molecular weight is 467 g/mol. The third-order valence-corrected chi connectivity index (χ3v) is 5.35. The lowest BCUT2D eigenvalue weighted by molar-refractivity contribution is -0.0980. The fourth-order valence-corrected chi connectivity index (χ4v) is 3.71. The molecule has 0 amide bonds. The predicted molar refractivity (Wildman–Crippen MR) is 152 cm³/mol. The lowest BCUT2D eigenvalue weighted by Crippen LogP contribution is -1.96. The predicted octanol–water partition coefficient (Wildman–Crippen LogP) is 8.99. The third kappa shape index (κ3) is 9.17. The van der Waals surface area contributed by atoms with Crippen molar-refractivity contribution in [1.82, 2.24) is 0 Å². The minimum Gasteiger partial charge on any atom is -0.307 e. The molecule has 0 radical (unpaired) electrons. The van der Waals surface area contributed by atoms with Gasteiger partial charge in [0.1, 0.15) is 6.79 Å². The molecule has 35 heavy (non-hydrogen) atoms. The van der Waals surface area contributed by atoms with Crippen molar-refractivity contribution in [2.45, 2.75) is 48.0 Å². The van der Waals surface area contributed by atoms with Crippen LogP contribution in [0.25, 0.3) is 16.7 Å². The zero-order valence-corrected chi connectivity index (χ0v) is 22.0. The largest absolute Gasteiger partial charge is 0.307 e. The number of benzene rings is 3. The maximum absolute atomic E-state index is 11.6. The van der Waals surface area contributed by atoms with E-state index in [-0.39, 0.29) is 5.78 Å². The van der Waals surface area contributed by atoms with Crippen molar-refractivity contribution in [1.29, 1.82) is 0 Å². The lowest BCUT2D eigenvalue weighted by Gasteiger charge is -2.09. The molecule has 0 unspecified atom stereocenters. The molecule has 2 heteroatoms. The summed E-state index contributed by atoms with van der Waals surface area (Å²) in [4.78, 5) is 19.6. The van der Waals surface area contributed by atoms with Crippen LogP contribution in [-0.2, 0) is 4.79 Å². The minimum absolute atomic E-state index is 0.110. The van der Waals surface area contributed by atoms with Gasteiger partial charge in [-0.15, -0.1) is 0 Å². The summed E-state index contributed by atoms with van der Waals surface area (Å²) in [6.45, 7) is 14.0. The minimum atomic E-state index is 0.110. The van der Waals surface area contributed by atoms with Crippen molar-refractivity contribution < 1.29 is 9.59 Å². The maximum Gasteiger partial charge on any atom is 0.160 e. The van der Waals surface area contributed by atoms with E-state index in [1.807, 2.05) is 57.0 Å². The van der Waals surface area contributed by atoms with Gasteiger partial charge in [0.05, 0.1) is 0 Å².